The summed E-state index contributed by atoms with van der Waals surface area (Å²) in [4.78, 5) is 2.91. The van der Waals surface area contributed by atoms with Crippen molar-refractivity contribution in [2.24, 2.45) is 5.11 Å². The largest absolute Gasteiger partial charge is 0.445 e. The predicted molar refractivity (Wildman–Crippen MR) is 122 cm³/mol. The zero-order valence-electron chi connectivity index (χ0n) is 16.8. The molecule has 32 heavy (non-hydrogen) atoms. The smallest absolute Gasteiger partial charge is 0.265 e. The van der Waals surface area contributed by atoms with Crippen LogP contribution in [0.3, 0.4) is 0 Å². The van der Waals surface area contributed by atoms with E-state index in [9.17, 15) is 0 Å². The highest BCUT2D eigenvalue weighted by atomic mass is 35.6. The molecule has 0 bridgehead atoms. The van der Waals surface area contributed by atoms with Crippen LogP contribution >= 0.6 is 34.8 Å². The summed E-state index contributed by atoms with van der Waals surface area (Å²) in [6, 6.07) is 18.3. The van der Waals surface area contributed by atoms with Crippen molar-refractivity contribution >= 4 is 40.7 Å². The van der Waals surface area contributed by atoms with Gasteiger partial charge in [-0.05, 0) is 16.7 Å². The van der Waals surface area contributed by atoms with Crippen LogP contribution in [0, 0.1) is 5.41 Å². The lowest BCUT2D eigenvalue weighted by Crippen LogP contribution is -2.56. The van der Waals surface area contributed by atoms with Gasteiger partial charge in [-0.15, -0.1) is 0 Å². The summed E-state index contributed by atoms with van der Waals surface area (Å²) in [6.45, 7) is 0.416. The number of hydrogen-bond acceptors (Lipinski definition) is 6. The number of halogens is 3. The first kappa shape index (κ1) is 24.6. The van der Waals surface area contributed by atoms with Gasteiger partial charge in [-0.25, -0.2) is 0 Å². The molecule has 0 amide bonds. The summed E-state index contributed by atoms with van der Waals surface area (Å²) >= 11 is 17.3. The highest BCUT2D eigenvalue weighted by molar-refractivity contribution is 6.76. The van der Waals surface area contributed by atoms with Crippen molar-refractivity contribution < 1.29 is 18.9 Å². The molecule has 1 fully saturated rings. The first-order valence-corrected chi connectivity index (χ1v) is 10.8. The quantitative estimate of drug-likeness (QED) is 0.128. The van der Waals surface area contributed by atoms with Gasteiger partial charge in [-0.2, -0.15) is 0 Å². The topological polar surface area (TPSA) is 110 Å². The Balaban J connectivity index is 1.83. The Labute approximate surface area is 200 Å². The molecule has 0 aromatic heterocycles. The lowest BCUT2D eigenvalue weighted by molar-refractivity contribution is -0.249. The van der Waals surface area contributed by atoms with Gasteiger partial charge in [-0.1, -0.05) is 101 Å². The van der Waals surface area contributed by atoms with Crippen molar-refractivity contribution in [2.75, 3.05) is 6.61 Å². The molecule has 2 aromatic rings. The van der Waals surface area contributed by atoms with E-state index in [1.807, 2.05) is 60.7 Å². The molecule has 8 nitrogen and oxygen atoms in total. The van der Waals surface area contributed by atoms with Crippen LogP contribution in [0.4, 0.5) is 0 Å². The van der Waals surface area contributed by atoms with E-state index in [4.69, 9.17) is 64.7 Å². The number of nitrogens with zero attached hydrogens (tertiary/aromatic N) is 3. The minimum atomic E-state index is -2.07. The highest BCUT2D eigenvalue weighted by Gasteiger charge is 2.45. The normalized spacial score (nSPS) is 23.2. The summed E-state index contributed by atoms with van der Waals surface area (Å²) in [6.07, 6.45) is -2.74. The number of azide groups is 1. The van der Waals surface area contributed by atoms with Gasteiger partial charge >= 0.3 is 0 Å². The zero-order chi connectivity index (χ0) is 23.0. The van der Waals surface area contributed by atoms with Crippen molar-refractivity contribution in [1.82, 2.24) is 0 Å². The molecule has 0 aliphatic carbocycles. The summed E-state index contributed by atoms with van der Waals surface area (Å²) in [5.41, 5.74) is 10.8. The molecule has 4 atom stereocenters. The van der Waals surface area contributed by atoms with E-state index in [1.54, 1.807) is 0 Å². The maximum atomic E-state index is 9.02. The molecule has 0 radical (unpaired) electrons. The summed E-state index contributed by atoms with van der Waals surface area (Å²) in [5.74, 6) is -0.621. The molecule has 1 heterocycles. The third kappa shape index (κ3) is 6.98. The van der Waals surface area contributed by atoms with Crippen molar-refractivity contribution in [2.45, 2.75) is 41.5 Å². The number of rotatable bonds is 8. The van der Waals surface area contributed by atoms with Gasteiger partial charge in [0.2, 0.25) is 12.2 Å². The fourth-order valence-corrected chi connectivity index (χ4v) is 3.25. The molecule has 11 heteroatoms. The molecule has 1 aliphatic heterocycles. The molecule has 1 saturated heterocycles. The molecule has 1 N–H and O–H groups in total. The van der Waals surface area contributed by atoms with Gasteiger partial charge in [0.1, 0.15) is 12.2 Å². The predicted octanol–water partition coefficient (Wildman–Crippen LogP) is 5.56. The molecule has 0 unspecified atom stereocenters. The van der Waals surface area contributed by atoms with Crippen LogP contribution in [0.5, 0.6) is 0 Å². The van der Waals surface area contributed by atoms with Crippen LogP contribution < -0.4 is 0 Å². The Morgan fingerprint density at radius 3 is 2.03 bits per heavy atom. The lowest BCUT2D eigenvalue weighted by Gasteiger charge is -2.40. The minimum Gasteiger partial charge on any atom is -0.445 e. The first-order chi connectivity index (χ1) is 15.4. The molecule has 3 rings (SSSR count). The number of alkyl halides is 3. The van der Waals surface area contributed by atoms with Gasteiger partial charge in [-0.3, -0.25) is 5.41 Å². The molecular weight excluding hydrogens is 479 g/mol. The van der Waals surface area contributed by atoms with E-state index in [-0.39, 0.29) is 19.8 Å². The van der Waals surface area contributed by atoms with Gasteiger partial charge in [0, 0.05) is 4.91 Å². The second kappa shape index (κ2) is 11.7. The van der Waals surface area contributed by atoms with E-state index >= 15 is 0 Å². The molecule has 0 spiro atoms. The lowest BCUT2D eigenvalue weighted by atomic mass is 10.0. The SMILES string of the molecule is [N-]=[N+]=N[C@H]1CO[C@@H](OC(=N)C(Cl)(Cl)Cl)[C@H](OCc2ccccc2)[C@H]1OCc1ccccc1. The summed E-state index contributed by atoms with van der Waals surface area (Å²) in [5, 5.41) is 11.7. The second-order valence-corrected chi connectivity index (χ2v) is 9.22. The van der Waals surface area contributed by atoms with Crippen LogP contribution in [-0.4, -0.2) is 40.8 Å². The molecule has 2 aromatic carbocycles. The molecule has 0 saturated carbocycles. The van der Waals surface area contributed by atoms with Crippen molar-refractivity contribution in [3.63, 3.8) is 0 Å². The van der Waals surface area contributed by atoms with E-state index in [2.05, 4.69) is 10.0 Å². The number of nitrogens with one attached hydrogen (secondary N) is 1. The maximum absolute atomic E-state index is 9.02. The average molecular weight is 500 g/mol. The number of hydrogen-bond donors (Lipinski definition) is 1. The zero-order valence-corrected chi connectivity index (χ0v) is 19.1. The van der Waals surface area contributed by atoms with Crippen LogP contribution in [0.1, 0.15) is 11.1 Å². The molecular formula is C21H21Cl3N4O4. The van der Waals surface area contributed by atoms with Gasteiger partial charge < -0.3 is 18.9 Å². The van der Waals surface area contributed by atoms with Crippen molar-refractivity contribution in [3.8, 4) is 0 Å². The van der Waals surface area contributed by atoms with Gasteiger partial charge in [0.05, 0.1) is 25.9 Å². The minimum absolute atomic E-state index is 0.0213. The first-order valence-electron chi connectivity index (χ1n) is 9.67. The Morgan fingerprint density at radius 1 is 1.00 bits per heavy atom. The maximum Gasteiger partial charge on any atom is 0.265 e. The number of benzene rings is 2. The van der Waals surface area contributed by atoms with Crippen molar-refractivity contribution in [3.05, 3.63) is 82.2 Å². The Kier molecular flexibility index (Phi) is 9.02. The highest BCUT2D eigenvalue weighted by Crippen LogP contribution is 2.32. The number of ether oxygens (including phenoxy) is 4. The third-order valence-electron chi connectivity index (χ3n) is 4.66. The molecule has 1 aliphatic rings. The molecule has 170 valence electrons. The average Bonchev–Trinajstić information content (AvgIpc) is 2.79. The second-order valence-electron chi connectivity index (χ2n) is 6.94. The van der Waals surface area contributed by atoms with Crippen molar-refractivity contribution in [1.29, 1.82) is 5.41 Å². The Morgan fingerprint density at radius 2 is 1.53 bits per heavy atom. The standard InChI is InChI=1S/C21H21Cl3N4O4/c22-21(23,24)20(25)32-19-18(30-12-15-9-5-2-6-10-15)17(16(13-31-19)27-28-26)29-11-14-7-3-1-4-8-14/h1-10,16-19,25H,11-13H2/t16-,17-,18+,19-/m0/s1. The summed E-state index contributed by atoms with van der Waals surface area (Å²) in [7, 11) is 0. The monoisotopic (exact) mass is 498 g/mol. The van der Waals surface area contributed by atoms with E-state index in [1.165, 1.54) is 0 Å². The summed E-state index contributed by atoms with van der Waals surface area (Å²) < 4.78 is 21.3. The fraction of sp³-hybridized carbons (Fsp3) is 0.381. The van der Waals surface area contributed by atoms with Crippen LogP contribution in [0.15, 0.2) is 65.8 Å². The van der Waals surface area contributed by atoms with E-state index in [0.717, 1.165) is 11.1 Å². The van der Waals surface area contributed by atoms with Crippen LogP contribution in [0.25, 0.3) is 10.4 Å². The van der Waals surface area contributed by atoms with Crippen LogP contribution in [0.2, 0.25) is 0 Å². The Hall–Kier alpha value is -2.03. The van der Waals surface area contributed by atoms with E-state index < -0.39 is 34.2 Å². The fourth-order valence-electron chi connectivity index (χ4n) is 3.12. The van der Waals surface area contributed by atoms with Gasteiger partial charge in [0.15, 0.2) is 0 Å². The Bertz CT molecular complexity index is 924. The van der Waals surface area contributed by atoms with E-state index in [0.29, 0.717) is 0 Å². The third-order valence-corrected chi connectivity index (χ3v) is 5.18. The van der Waals surface area contributed by atoms with Gasteiger partial charge in [0.25, 0.3) is 3.79 Å². The van der Waals surface area contributed by atoms with Crippen LogP contribution in [-0.2, 0) is 32.2 Å².